The largest absolute Gasteiger partial charge is 0.459 e. The molecule has 0 bridgehead atoms. The van der Waals surface area contributed by atoms with Gasteiger partial charge in [0.25, 0.3) is 0 Å². The van der Waals surface area contributed by atoms with Crippen molar-refractivity contribution in [3.63, 3.8) is 0 Å². The second-order valence-corrected chi connectivity index (χ2v) is 12.6. The van der Waals surface area contributed by atoms with Crippen LogP contribution in [0.25, 0.3) is 37.8 Å². The molecule has 2 aromatic heterocycles. The first-order valence-electron chi connectivity index (χ1n) is 15.3. The van der Waals surface area contributed by atoms with Crippen molar-refractivity contribution in [1.29, 1.82) is 0 Å². The molecule has 210 valence electrons. The number of thiophene rings is 1. The van der Waals surface area contributed by atoms with Crippen LogP contribution in [0.1, 0.15) is 43.1 Å². The highest BCUT2D eigenvalue weighted by Crippen LogP contribution is 2.37. The summed E-state index contributed by atoms with van der Waals surface area (Å²) in [6.07, 6.45) is 11.9. The standard InChI is InChI=1S/C39H34BNOS/c1-26-21-23-27(24-22-26)29-13-10-14-30(25-29)41-38-32-16-5-8-18-34(32)42-35(38)19-7-3-12-28-11-2-4-15-31(28)37-33-17-6-9-20-36(33)43-39(37)40/h2,4-6,8-11,13-18,20-21,23-26,41H,3,7,12,19,22H2,1H3. The number of anilines is 2. The fourth-order valence-electron chi connectivity index (χ4n) is 6.20. The van der Waals surface area contributed by atoms with Crippen molar-refractivity contribution >= 4 is 62.0 Å². The number of rotatable bonds is 9. The smallest absolute Gasteiger partial charge is 0.136 e. The quantitative estimate of drug-likeness (QED) is 0.137. The average Bonchev–Trinajstić information content (AvgIpc) is 3.56. The summed E-state index contributed by atoms with van der Waals surface area (Å²) < 4.78 is 8.56. The number of fused-ring (bicyclic) bond motifs is 2. The van der Waals surface area contributed by atoms with Crippen molar-refractivity contribution in [2.45, 2.75) is 39.0 Å². The van der Waals surface area contributed by atoms with Crippen LogP contribution in [-0.2, 0) is 12.8 Å². The lowest BCUT2D eigenvalue weighted by Gasteiger charge is -2.14. The van der Waals surface area contributed by atoms with Gasteiger partial charge in [0.05, 0.1) is 5.69 Å². The van der Waals surface area contributed by atoms with Gasteiger partial charge in [0.15, 0.2) is 0 Å². The summed E-state index contributed by atoms with van der Waals surface area (Å²) >= 11 is 1.67. The molecule has 4 aromatic carbocycles. The minimum Gasteiger partial charge on any atom is -0.459 e. The highest BCUT2D eigenvalue weighted by molar-refractivity contribution is 7.27. The average molecular weight is 576 g/mol. The Morgan fingerprint density at radius 1 is 0.860 bits per heavy atom. The topological polar surface area (TPSA) is 25.2 Å². The van der Waals surface area contributed by atoms with Gasteiger partial charge in [0.2, 0.25) is 0 Å². The van der Waals surface area contributed by atoms with E-state index in [-0.39, 0.29) is 0 Å². The summed E-state index contributed by atoms with van der Waals surface area (Å²) in [6, 6.07) is 34.3. The fourth-order valence-corrected chi connectivity index (χ4v) is 7.18. The number of unbranched alkanes of at least 4 members (excludes halogenated alkanes) is 1. The van der Waals surface area contributed by atoms with Crippen molar-refractivity contribution in [3.05, 3.63) is 132 Å². The molecule has 0 fully saturated rings. The predicted molar refractivity (Wildman–Crippen MR) is 186 cm³/mol. The van der Waals surface area contributed by atoms with E-state index in [1.165, 1.54) is 37.9 Å². The van der Waals surface area contributed by atoms with E-state index in [1.54, 1.807) is 11.3 Å². The molecule has 1 atom stereocenters. The number of benzene rings is 4. The SMILES string of the molecule is [B]c1sc2ccccc2c1-c1ccccc1CCCCc1oc2ccccc2c1Nc1cccc(C2=CCC(C)C=C2)c1. The van der Waals surface area contributed by atoms with Gasteiger partial charge in [-0.05, 0) is 99.9 Å². The first-order chi connectivity index (χ1) is 21.1. The van der Waals surface area contributed by atoms with E-state index in [2.05, 4.69) is 121 Å². The van der Waals surface area contributed by atoms with Gasteiger partial charge in [-0.25, -0.2) is 0 Å². The normalized spacial score (nSPS) is 14.8. The van der Waals surface area contributed by atoms with Crippen LogP contribution in [0.15, 0.2) is 120 Å². The Bertz CT molecular complexity index is 1980. The molecular weight excluding hydrogens is 541 g/mol. The Morgan fingerprint density at radius 3 is 2.53 bits per heavy atom. The zero-order valence-corrected chi connectivity index (χ0v) is 25.3. The molecule has 43 heavy (non-hydrogen) atoms. The number of furan rings is 1. The highest BCUT2D eigenvalue weighted by Gasteiger charge is 2.16. The Kier molecular flexibility index (Phi) is 7.78. The summed E-state index contributed by atoms with van der Waals surface area (Å²) in [6.45, 7) is 2.26. The van der Waals surface area contributed by atoms with E-state index in [0.29, 0.717) is 5.92 Å². The van der Waals surface area contributed by atoms with Crippen molar-refractivity contribution in [3.8, 4) is 11.1 Å². The lowest BCUT2D eigenvalue weighted by Crippen LogP contribution is -2.01. The molecule has 1 unspecified atom stereocenters. The summed E-state index contributed by atoms with van der Waals surface area (Å²) in [5.74, 6) is 1.62. The lowest BCUT2D eigenvalue weighted by molar-refractivity contribution is 0.534. The fraction of sp³-hybridized carbons (Fsp3) is 0.179. The number of para-hydroxylation sites is 1. The molecule has 2 heterocycles. The number of hydrogen-bond acceptors (Lipinski definition) is 3. The second-order valence-electron chi connectivity index (χ2n) is 11.5. The Hall–Kier alpha value is -4.28. The van der Waals surface area contributed by atoms with Gasteiger partial charge < -0.3 is 9.73 Å². The first-order valence-corrected chi connectivity index (χ1v) is 16.1. The van der Waals surface area contributed by atoms with Gasteiger partial charge in [0.1, 0.15) is 19.2 Å². The highest BCUT2D eigenvalue weighted by atomic mass is 32.1. The zero-order chi connectivity index (χ0) is 29.2. The molecule has 0 saturated carbocycles. The number of hydrogen-bond donors (Lipinski definition) is 1. The van der Waals surface area contributed by atoms with Gasteiger partial charge in [-0.15, -0.1) is 0 Å². The Morgan fingerprint density at radius 2 is 1.65 bits per heavy atom. The number of allylic oxidation sites excluding steroid dienone is 4. The second kappa shape index (κ2) is 12.1. The number of nitrogens with one attached hydrogen (secondary N) is 1. The maximum atomic E-state index is 6.55. The van der Waals surface area contributed by atoms with Gasteiger partial charge in [0, 0.05) is 22.2 Å². The summed E-state index contributed by atoms with van der Waals surface area (Å²) in [5.41, 5.74) is 9.38. The van der Waals surface area contributed by atoms with Crippen LogP contribution in [0, 0.1) is 5.92 Å². The Labute approximate surface area is 259 Å². The van der Waals surface area contributed by atoms with Crippen LogP contribution in [0.3, 0.4) is 0 Å². The monoisotopic (exact) mass is 575 g/mol. The maximum Gasteiger partial charge on any atom is 0.136 e. The molecule has 0 spiro atoms. The van der Waals surface area contributed by atoms with E-state index in [0.717, 1.165) is 65.0 Å². The van der Waals surface area contributed by atoms with Gasteiger partial charge in [-0.1, -0.05) is 91.9 Å². The van der Waals surface area contributed by atoms with Gasteiger partial charge in [-0.3, -0.25) is 0 Å². The molecule has 1 N–H and O–H groups in total. The van der Waals surface area contributed by atoms with Gasteiger partial charge >= 0.3 is 0 Å². The van der Waals surface area contributed by atoms with Crippen molar-refractivity contribution in [1.82, 2.24) is 0 Å². The van der Waals surface area contributed by atoms with Crippen molar-refractivity contribution < 1.29 is 4.42 Å². The van der Waals surface area contributed by atoms with Crippen LogP contribution in [0.4, 0.5) is 11.4 Å². The van der Waals surface area contributed by atoms with Gasteiger partial charge in [-0.2, -0.15) is 11.3 Å². The molecule has 7 rings (SSSR count). The van der Waals surface area contributed by atoms with Crippen LogP contribution in [0.2, 0.25) is 0 Å². The third-order valence-corrected chi connectivity index (χ3v) is 9.46. The van der Waals surface area contributed by atoms with Crippen molar-refractivity contribution in [2.24, 2.45) is 5.92 Å². The third-order valence-electron chi connectivity index (χ3n) is 8.46. The zero-order valence-electron chi connectivity index (χ0n) is 24.5. The molecular formula is C39H34BNOS. The summed E-state index contributed by atoms with van der Waals surface area (Å²) in [7, 11) is 6.55. The molecule has 6 aromatic rings. The molecule has 2 radical (unpaired) electrons. The molecule has 1 aliphatic rings. The summed E-state index contributed by atoms with van der Waals surface area (Å²) in [4.78, 5) is 0. The number of aryl methyl sites for hydroxylation is 2. The van der Waals surface area contributed by atoms with Crippen LogP contribution in [-0.4, -0.2) is 7.85 Å². The molecule has 4 heteroatoms. The van der Waals surface area contributed by atoms with Crippen molar-refractivity contribution in [2.75, 3.05) is 5.32 Å². The Balaban J connectivity index is 1.09. The van der Waals surface area contributed by atoms with Crippen LogP contribution < -0.4 is 10.1 Å². The maximum absolute atomic E-state index is 6.55. The molecule has 0 amide bonds. The van der Waals surface area contributed by atoms with E-state index in [1.807, 2.05) is 6.07 Å². The summed E-state index contributed by atoms with van der Waals surface area (Å²) in [5, 5.41) is 6.10. The lowest BCUT2D eigenvalue weighted by atomic mass is 9.89. The van der Waals surface area contributed by atoms with Crippen LogP contribution in [0.5, 0.6) is 0 Å². The van der Waals surface area contributed by atoms with Crippen LogP contribution >= 0.6 is 11.3 Å². The molecule has 0 saturated heterocycles. The molecule has 2 nitrogen and oxygen atoms in total. The molecule has 1 aliphatic carbocycles. The third kappa shape index (κ3) is 5.72. The first kappa shape index (κ1) is 27.6. The minimum absolute atomic E-state index is 0.604. The van der Waals surface area contributed by atoms with E-state index < -0.39 is 0 Å². The van der Waals surface area contributed by atoms with E-state index in [4.69, 9.17) is 12.3 Å². The minimum atomic E-state index is 0.604. The predicted octanol–water partition coefficient (Wildman–Crippen LogP) is 10.4. The molecule has 0 aliphatic heterocycles. The van der Waals surface area contributed by atoms with E-state index in [9.17, 15) is 0 Å². The van der Waals surface area contributed by atoms with E-state index >= 15 is 0 Å².